The lowest BCUT2D eigenvalue weighted by Crippen LogP contribution is -2.04. The summed E-state index contributed by atoms with van der Waals surface area (Å²) in [4.78, 5) is 7.84. The lowest BCUT2D eigenvalue weighted by Gasteiger charge is -2.10. The van der Waals surface area contributed by atoms with E-state index in [1.165, 1.54) is 0 Å². The Morgan fingerprint density at radius 2 is 1.75 bits per heavy atom. The maximum absolute atomic E-state index is 5.71. The molecule has 0 unspecified atom stereocenters. The van der Waals surface area contributed by atoms with Gasteiger partial charge in [-0.1, -0.05) is 18.2 Å². The van der Waals surface area contributed by atoms with Crippen molar-refractivity contribution >= 4 is 11.8 Å². The summed E-state index contributed by atoms with van der Waals surface area (Å²) in [6.07, 6.45) is 0. The fraction of sp³-hybridized carbons (Fsp3) is 0.0909. The van der Waals surface area contributed by atoms with Gasteiger partial charge in [0.1, 0.15) is 5.75 Å². The fourth-order valence-electron chi connectivity index (χ4n) is 1.34. The van der Waals surface area contributed by atoms with Crippen LogP contribution in [0.15, 0.2) is 30.3 Å². The topological polar surface area (TPSA) is 87.0 Å². The molecule has 0 spiro atoms. The van der Waals surface area contributed by atoms with Gasteiger partial charge in [-0.25, -0.2) is 4.98 Å². The fourth-order valence-corrected chi connectivity index (χ4v) is 1.34. The summed E-state index contributed by atoms with van der Waals surface area (Å²) in [7, 11) is 0. The summed E-state index contributed by atoms with van der Waals surface area (Å²) < 4.78 is 5.59. The van der Waals surface area contributed by atoms with Gasteiger partial charge in [0, 0.05) is 0 Å². The first-order valence-corrected chi connectivity index (χ1v) is 4.79. The molecule has 0 radical (unpaired) electrons. The second-order valence-electron chi connectivity index (χ2n) is 3.30. The van der Waals surface area contributed by atoms with Crippen molar-refractivity contribution in [2.75, 3.05) is 11.5 Å². The van der Waals surface area contributed by atoms with Crippen LogP contribution in [0.5, 0.6) is 11.5 Å². The van der Waals surface area contributed by atoms with Crippen LogP contribution >= 0.6 is 0 Å². The molecule has 0 amide bonds. The standard InChI is InChI=1S/C11H12N4O/c1-7-9(10(12)15-11(13)14-7)16-8-5-3-2-4-6-8/h2-6H,1H3,(H4,12,13,14,15). The largest absolute Gasteiger partial charge is 0.452 e. The number of anilines is 2. The number of benzene rings is 1. The number of hydrogen-bond donors (Lipinski definition) is 2. The van der Waals surface area contributed by atoms with Gasteiger partial charge in [-0.15, -0.1) is 0 Å². The average molecular weight is 216 g/mol. The second kappa shape index (κ2) is 4.06. The summed E-state index contributed by atoms with van der Waals surface area (Å²) in [6, 6.07) is 9.31. The van der Waals surface area contributed by atoms with Crippen molar-refractivity contribution in [1.82, 2.24) is 9.97 Å². The number of aryl methyl sites for hydroxylation is 1. The van der Waals surface area contributed by atoms with Crippen molar-refractivity contribution < 1.29 is 4.74 Å². The first-order valence-electron chi connectivity index (χ1n) is 4.79. The third-order valence-electron chi connectivity index (χ3n) is 2.04. The monoisotopic (exact) mass is 216 g/mol. The lowest BCUT2D eigenvalue weighted by atomic mass is 10.3. The Morgan fingerprint density at radius 3 is 2.38 bits per heavy atom. The lowest BCUT2D eigenvalue weighted by molar-refractivity contribution is 0.476. The predicted octanol–water partition coefficient (Wildman–Crippen LogP) is 1.74. The Bertz CT molecular complexity index is 476. The minimum Gasteiger partial charge on any atom is -0.452 e. The van der Waals surface area contributed by atoms with Crippen molar-refractivity contribution in [2.24, 2.45) is 0 Å². The third kappa shape index (κ3) is 2.03. The molecule has 5 nitrogen and oxygen atoms in total. The zero-order chi connectivity index (χ0) is 11.5. The quantitative estimate of drug-likeness (QED) is 0.798. The number of para-hydroxylation sites is 1. The zero-order valence-electron chi connectivity index (χ0n) is 8.84. The Labute approximate surface area is 93.1 Å². The third-order valence-corrected chi connectivity index (χ3v) is 2.04. The summed E-state index contributed by atoms with van der Waals surface area (Å²) in [5.41, 5.74) is 11.8. The van der Waals surface area contributed by atoms with Gasteiger partial charge in [0.05, 0.1) is 5.69 Å². The molecule has 0 aliphatic heterocycles. The van der Waals surface area contributed by atoms with Gasteiger partial charge in [-0.05, 0) is 19.1 Å². The van der Waals surface area contributed by atoms with E-state index < -0.39 is 0 Å². The van der Waals surface area contributed by atoms with Crippen LogP contribution in [0, 0.1) is 6.92 Å². The van der Waals surface area contributed by atoms with Crippen molar-refractivity contribution in [1.29, 1.82) is 0 Å². The van der Waals surface area contributed by atoms with Gasteiger partial charge in [0.2, 0.25) is 5.95 Å². The van der Waals surface area contributed by atoms with Gasteiger partial charge in [-0.2, -0.15) is 4.98 Å². The Kier molecular flexibility index (Phi) is 2.59. The molecule has 1 aromatic heterocycles. The number of hydrogen-bond acceptors (Lipinski definition) is 5. The number of aromatic nitrogens is 2. The van der Waals surface area contributed by atoms with Crippen molar-refractivity contribution in [3.05, 3.63) is 36.0 Å². The van der Waals surface area contributed by atoms with Crippen LogP contribution in [0.2, 0.25) is 0 Å². The van der Waals surface area contributed by atoms with E-state index in [4.69, 9.17) is 16.2 Å². The van der Waals surface area contributed by atoms with E-state index in [1.807, 2.05) is 30.3 Å². The molecule has 82 valence electrons. The molecule has 1 aromatic carbocycles. The predicted molar refractivity (Wildman–Crippen MR) is 62.1 cm³/mol. The van der Waals surface area contributed by atoms with Crippen LogP contribution in [-0.4, -0.2) is 9.97 Å². The minimum absolute atomic E-state index is 0.149. The Morgan fingerprint density at radius 1 is 1.06 bits per heavy atom. The maximum Gasteiger partial charge on any atom is 0.222 e. The van der Waals surface area contributed by atoms with E-state index in [9.17, 15) is 0 Å². The average Bonchev–Trinajstić information content (AvgIpc) is 2.25. The second-order valence-corrected chi connectivity index (χ2v) is 3.30. The molecular weight excluding hydrogens is 204 g/mol. The van der Waals surface area contributed by atoms with Gasteiger partial charge < -0.3 is 16.2 Å². The SMILES string of the molecule is Cc1nc(N)nc(N)c1Oc1ccccc1. The molecule has 0 bridgehead atoms. The highest BCUT2D eigenvalue weighted by Gasteiger charge is 2.09. The van der Waals surface area contributed by atoms with Crippen molar-refractivity contribution in [3.63, 3.8) is 0 Å². The van der Waals surface area contributed by atoms with Crippen LogP contribution in [0.25, 0.3) is 0 Å². The maximum atomic E-state index is 5.71. The number of rotatable bonds is 2. The smallest absolute Gasteiger partial charge is 0.222 e. The minimum atomic E-state index is 0.149. The van der Waals surface area contributed by atoms with E-state index in [0.717, 1.165) is 0 Å². The molecule has 0 aliphatic rings. The van der Waals surface area contributed by atoms with E-state index in [2.05, 4.69) is 9.97 Å². The molecule has 0 aliphatic carbocycles. The summed E-state index contributed by atoms with van der Waals surface area (Å²) in [6.45, 7) is 1.77. The van der Waals surface area contributed by atoms with Gasteiger partial charge >= 0.3 is 0 Å². The van der Waals surface area contributed by atoms with Crippen molar-refractivity contribution in [2.45, 2.75) is 6.92 Å². The summed E-state index contributed by atoms with van der Waals surface area (Å²) in [5, 5.41) is 0. The van der Waals surface area contributed by atoms with Crippen LogP contribution < -0.4 is 16.2 Å². The van der Waals surface area contributed by atoms with E-state index in [-0.39, 0.29) is 11.8 Å². The molecule has 0 atom stereocenters. The van der Waals surface area contributed by atoms with Crippen LogP contribution in [-0.2, 0) is 0 Å². The van der Waals surface area contributed by atoms with Gasteiger partial charge in [-0.3, -0.25) is 0 Å². The van der Waals surface area contributed by atoms with Crippen LogP contribution in [0.1, 0.15) is 5.69 Å². The number of nitrogens with zero attached hydrogens (tertiary/aromatic N) is 2. The highest BCUT2D eigenvalue weighted by atomic mass is 16.5. The molecular formula is C11H12N4O. The molecule has 0 fully saturated rings. The molecule has 4 N–H and O–H groups in total. The number of nitrogen functional groups attached to an aromatic ring is 2. The Balaban J connectivity index is 2.35. The first kappa shape index (κ1) is 10.2. The molecule has 2 aromatic rings. The molecule has 1 heterocycles. The number of ether oxygens (including phenoxy) is 1. The molecule has 2 rings (SSSR count). The Hall–Kier alpha value is -2.30. The van der Waals surface area contributed by atoms with E-state index in [1.54, 1.807) is 6.92 Å². The van der Waals surface area contributed by atoms with Crippen LogP contribution in [0.4, 0.5) is 11.8 Å². The van der Waals surface area contributed by atoms with Crippen LogP contribution in [0.3, 0.4) is 0 Å². The van der Waals surface area contributed by atoms with Gasteiger partial charge in [0.15, 0.2) is 11.6 Å². The highest BCUT2D eigenvalue weighted by molar-refractivity contribution is 5.53. The normalized spacial score (nSPS) is 10.1. The molecule has 0 saturated carbocycles. The molecule has 0 saturated heterocycles. The van der Waals surface area contributed by atoms with Crippen molar-refractivity contribution in [3.8, 4) is 11.5 Å². The molecule has 16 heavy (non-hydrogen) atoms. The summed E-state index contributed by atoms with van der Waals surface area (Å²) in [5.74, 6) is 1.52. The highest BCUT2D eigenvalue weighted by Crippen LogP contribution is 2.28. The molecule has 5 heteroatoms. The van der Waals surface area contributed by atoms with Gasteiger partial charge in [0.25, 0.3) is 0 Å². The van der Waals surface area contributed by atoms with E-state index in [0.29, 0.717) is 17.2 Å². The first-order chi connectivity index (χ1) is 7.66. The summed E-state index contributed by atoms with van der Waals surface area (Å²) >= 11 is 0. The van der Waals surface area contributed by atoms with E-state index >= 15 is 0 Å². The zero-order valence-corrected chi connectivity index (χ0v) is 8.84. The number of nitrogens with two attached hydrogens (primary N) is 2.